The van der Waals surface area contributed by atoms with Crippen LogP contribution in [0.25, 0.3) is 11.3 Å². The first-order valence-electron chi connectivity index (χ1n) is 13.5. The molecule has 1 N–H and O–H groups in total. The van der Waals surface area contributed by atoms with Crippen LogP contribution in [0.3, 0.4) is 0 Å². The van der Waals surface area contributed by atoms with Gasteiger partial charge in [0, 0.05) is 37.2 Å². The summed E-state index contributed by atoms with van der Waals surface area (Å²) >= 11 is 6.58. The molecule has 2 amide bonds. The van der Waals surface area contributed by atoms with E-state index in [0.29, 0.717) is 43.7 Å². The van der Waals surface area contributed by atoms with E-state index in [9.17, 15) is 18.0 Å². The molecule has 2 bridgehead atoms. The Balaban J connectivity index is 1.28. The van der Waals surface area contributed by atoms with Crippen molar-refractivity contribution in [1.29, 1.82) is 0 Å². The highest BCUT2D eigenvalue weighted by atomic mass is 35.5. The number of carbonyl (C=O) groups is 1. The van der Waals surface area contributed by atoms with Gasteiger partial charge >= 0.3 is 12.2 Å². The quantitative estimate of drug-likeness (QED) is 0.388. The number of nitrogens with one attached hydrogen (secondary N) is 1. The summed E-state index contributed by atoms with van der Waals surface area (Å²) < 4.78 is 62.9. The van der Waals surface area contributed by atoms with Crippen molar-refractivity contribution in [3.05, 3.63) is 47.2 Å². The Kier molecular flexibility index (Phi) is 7.47. The van der Waals surface area contributed by atoms with Crippen LogP contribution in [0.15, 0.2) is 36.7 Å². The highest BCUT2D eigenvalue weighted by molar-refractivity contribution is 6.33. The van der Waals surface area contributed by atoms with Crippen molar-refractivity contribution in [2.24, 2.45) is 0 Å². The number of alkyl halides is 3. The van der Waals surface area contributed by atoms with Gasteiger partial charge in [0.15, 0.2) is 11.6 Å². The summed E-state index contributed by atoms with van der Waals surface area (Å²) in [6.45, 7) is 5.45. The second-order valence-corrected chi connectivity index (χ2v) is 11.2. The van der Waals surface area contributed by atoms with Crippen LogP contribution >= 0.6 is 11.6 Å². The number of urea groups is 1. The Bertz CT molecular complexity index is 1560. The average molecular weight is 621 g/mol. The molecule has 2 atom stereocenters. The molecule has 0 radical (unpaired) electrons. The van der Waals surface area contributed by atoms with E-state index in [1.54, 1.807) is 18.2 Å². The van der Waals surface area contributed by atoms with Crippen LogP contribution in [-0.2, 0) is 15.7 Å². The molecule has 3 aliphatic heterocycles. The number of ether oxygens (including phenoxy) is 4. The summed E-state index contributed by atoms with van der Waals surface area (Å²) in [6.07, 6.45) is -2.06. The van der Waals surface area contributed by atoms with Gasteiger partial charge in [0.2, 0.25) is 11.8 Å². The van der Waals surface area contributed by atoms with Gasteiger partial charge in [-0.15, -0.1) is 0 Å². The number of aromatic nitrogens is 3. The van der Waals surface area contributed by atoms with Gasteiger partial charge in [0.05, 0.1) is 47.3 Å². The molecule has 0 unspecified atom stereocenters. The summed E-state index contributed by atoms with van der Waals surface area (Å²) in [6, 6.07) is 5.00. The second-order valence-electron chi connectivity index (χ2n) is 10.8. The number of methoxy groups -OCH3 is 1. The van der Waals surface area contributed by atoms with E-state index >= 15 is 0 Å². The highest BCUT2D eigenvalue weighted by Crippen LogP contribution is 2.45. The van der Waals surface area contributed by atoms with Crippen LogP contribution < -0.4 is 24.6 Å². The molecular formula is C28H28ClF3N6O5. The maximum atomic E-state index is 13.7. The van der Waals surface area contributed by atoms with E-state index in [-0.39, 0.29) is 52.6 Å². The predicted octanol–water partition coefficient (Wildman–Crippen LogP) is 5.38. The maximum absolute atomic E-state index is 13.7. The van der Waals surface area contributed by atoms with Crippen LogP contribution in [0.5, 0.6) is 11.8 Å². The van der Waals surface area contributed by atoms with E-state index < -0.39 is 23.6 Å². The Morgan fingerprint density at radius 3 is 2.79 bits per heavy atom. The van der Waals surface area contributed by atoms with Gasteiger partial charge in [-0.2, -0.15) is 13.2 Å². The molecule has 2 fully saturated rings. The number of anilines is 3. The monoisotopic (exact) mass is 620 g/mol. The smallest absolute Gasteiger partial charge is 0.417 e. The molecule has 43 heavy (non-hydrogen) atoms. The van der Waals surface area contributed by atoms with Gasteiger partial charge in [-0.1, -0.05) is 11.6 Å². The number of fused-ring (bicyclic) bond motifs is 4. The fraction of sp³-hybridized carbons (Fsp3) is 0.429. The van der Waals surface area contributed by atoms with Crippen LogP contribution in [0, 0.1) is 0 Å². The Labute approximate surface area is 249 Å². The Hall–Kier alpha value is -3.88. The van der Waals surface area contributed by atoms with E-state index in [0.717, 1.165) is 6.07 Å². The molecule has 228 valence electrons. The van der Waals surface area contributed by atoms with E-state index in [1.165, 1.54) is 18.2 Å². The summed E-state index contributed by atoms with van der Waals surface area (Å²) in [5, 5.41) is 2.97. The highest BCUT2D eigenvalue weighted by Gasteiger charge is 2.41. The third kappa shape index (κ3) is 5.86. The standard InChI is InChI=1S/C28H28ClF3N6O5/c1-27(2)42-14-18(43-27)13-41-22-9-16(4-6-33-22)35-26(39)38-17-5-7-37(12-17)21-10-20(29)23(36-24(21)38)19-8-15(28(30,31)32)11-34-25(19)40-3/h4,6,8-11,17-18H,5,7,12-14H2,1-3H3,(H,33,35,39)/t17-,18+/m0/s1. The van der Waals surface area contributed by atoms with Gasteiger partial charge in [0.1, 0.15) is 12.7 Å². The third-order valence-corrected chi connectivity index (χ3v) is 7.64. The minimum atomic E-state index is -4.65. The third-order valence-electron chi connectivity index (χ3n) is 7.35. The lowest BCUT2D eigenvalue weighted by Crippen LogP contribution is -2.48. The lowest BCUT2D eigenvalue weighted by Gasteiger charge is -2.36. The Morgan fingerprint density at radius 1 is 1.26 bits per heavy atom. The zero-order chi connectivity index (χ0) is 30.5. The van der Waals surface area contributed by atoms with Gasteiger partial charge in [-0.25, -0.2) is 19.7 Å². The van der Waals surface area contributed by atoms with E-state index in [4.69, 9.17) is 30.5 Å². The predicted molar refractivity (Wildman–Crippen MR) is 151 cm³/mol. The topological polar surface area (TPSA) is 111 Å². The Morgan fingerprint density at radius 2 is 2.07 bits per heavy atom. The lowest BCUT2D eigenvalue weighted by molar-refractivity contribution is -0.141. The fourth-order valence-electron chi connectivity index (χ4n) is 5.39. The van der Waals surface area contributed by atoms with Gasteiger partial charge in [0.25, 0.3) is 0 Å². The van der Waals surface area contributed by atoms with Crippen molar-refractivity contribution in [2.45, 2.75) is 44.4 Å². The first-order valence-corrected chi connectivity index (χ1v) is 13.9. The zero-order valence-corrected chi connectivity index (χ0v) is 24.2. The molecular weight excluding hydrogens is 593 g/mol. The minimum Gasteiger partial charge on any atom is -0.481 e. The molecule has 6 heterocycles. The number of carbonyl (C=O) groups excluding carboxylic acids is 1. The normalized spacial score (nSPS) is 20.6. The molecule has 3 aromatic rings. The molecule has 3 aromatic heterocycles. The number of amides is 2. The molecule has 2 saturated heterocycles. The minimum absolute atomic E-state index is 0.0112. The van der Waals surface area contributed by atoms with Crippen LogP contribution in [0.4, 0.5) is 35.2 Å². The van der Waals surface area contributed by atoms with Crippen LogP contribution in [0.1, 0.15) is 25.8 Å². The van der Waals surface area contributed by atoms with Crippen molar-refractivity contribution in [2.75, 3.05) is 48.5 Å². The van der Waals surface area contributed by atoms with E-state index in [2.05, 4.69) is 20.3 Å². The molecule has 6 rings (SSSR count). The molecule has 0 spiro atoms. The number of halogens is 4. The fourth-order valence-corrected chi connectivity index (χ4v) is 5.64. The van der Waals surface area contributed by atoms with Crippen molar-refractivity contribution in [3.63, 3.8) is 0 Å². The van der Waals surface area contributed by atoms with Gasteiger partial charge in [-0.05, 0) is 38.5 Å². The summed E-state index contributed by atoms with van der Waals surface area (Å²) in [7, 11) is 1.29. The van der Waals surface area contributed by atoms with Crippen molar-refractivity contribution in [1.82, 2.24) is 15.0 Å². The first-order chi connectivity index (χ1) is 20.4. The first kappa shape index (κ1) is 29.2. The molecule has 0 saturated carbocycles. The van der Waals surface area contributed by atoms with Crippen molar-refractivity contribution >= 4 is 34.8 Å². The molecule has 3 aliphatic rings. The molecule has 15 heteroatoms. The lowest BCUT2D eigenvalue weighted by atomic mass is 10.1. The largest absolute Gasteiger partial charge is 0.481 e. The molecule has 0 aromatic carbocycles. The van der Waals surface area contributed by atoms with Crippen LogP contribution in [0.2, 0.25) is 5.02 Å². The summed E-state index contributed by atoms with van der Waals surface area (Å²) in [5.41, 5.74) is 0.00555. The van der Waals surface area contributed by atoms with Gasteiger partial charge < -0.3 is 29.2 Å². The van der Waals surface area contributed by atoms with Crippen molar-refractivity contribution < 1.29 is 36.9 Å². The van der Waals surface area contributed by atoms with Crippen molar-refractivity contribution in [3.8, 4) is 23.0 Å². The number of hydrogen-bond acceptors (Lipinski definition) is 9. The van der Waals surface area contributed by atoms with E-state index in [1.807, 2.05) is 18.7 Å². The number of pyridine rings is 3. The zero-order valence-electron chi connectivity index (χ0n) is 23.4. The number of nitrogens with zero attached hydrogens (tertiary/aromatic N) is 5. The van der Waals surface area contributed by atoms with Crippen LogP contribution in [-0.4, -0.2) is 72.3 Å². The SMILES string of the molecule is COc1ncc(C(F)(F)F)cc1-c1nc2c(cc1Cl)N1CC[C@@H](C1)N2C(=O)Nc1ccnc(OC[C@@H]2COC(C)(C)O2)c1. The summed E-state index contributed by atoms with van der Waals surface area (Å²) in [5.74, 6) is -0.219. The molecule has 11 nitrogen and oxygen atoms in total. The average Bonchev–Trinajstić information content (AvgIpc) is 3.54. The number of hydrogen-bond donors (Lipinski definition) is 1. The number of rotatable bonds is 6. The van der Waals surface area contributed by atoms with Gasteiger partial charge in [-0.3, -0.25) is 4.90 Å². The summed E-state index contributed by atoms with van der Waals surface area (Å²) in [4.78, 5) is 30.0. The molecule has 0 aliphatic carbocycles. The second kappa shape index (κ2) is 11.0. The maximum Gasteiger partial charge on any atom is 0.417 e.